The number of hydrogen-bond acceptors (Lipinski definition) is 2. The van der Waals surface area contributed by atoms with Gasteiger partial charge < -0.3 is 4.90 Å². The van der Waals surface area contributed by atoms with Crippen LogP contribution < -0.4 is 4.90 Å². The van der Waals surface area contributed by atoms with E-state index in [2.05, 4.69) is 169 Å². The third-order valence-corrected chi connectivity index (χ3v) is 9.32. The number of nitrogens with zero attached hydrogens (tertiary/aromatic N) is 1. The number of thiophene rings is 1. The third kappa shape index (κ3) is 4.08. The lowest BCUT2D eigenvalue weighted by Gasteiger charge is -2.25. The average molecular weight is 554 g/mol. The van der Waals surface area contributed by atoms with E-state index in [1.165, 1.54) is 53.2 Å². The summed E-state index contributed by atoms with van der Waals surface area (Å²) >= 11 is 1.91. The van der Waals surface area contributed by atoms with Crippen LogP contribution in [0.2, 0.25) is 0 Å². The lowest BCUT2D eigenvalue weighted by Crippen LogP contribution is -2.09. The Labute approximate surface area is 249 Å². The summed E-state index contributed by atoms with van der Waals surface area (Å²) in [6, 6.07) is 58.8. The van der Waals surface area contributed by atoms with Gasteiger partial charge in [-0.05, 0) is 63.7 Å². The molecule has 0 unspecified atom stereocenters. The fourth-order valence-corrected chi connectivity index (χ4v) is 7.56. The van der Waals surface area contributed by atoms with Gasteiger partial charge in [0, 0.05) is 43.0 Å². The monoisotopic (exact) mass is 553 g/mol. The Kier molecular flexibility index (Phi) is 6.05. The van der Waals surface area contributed by atoms with Gasteiger partial charge in [0.15, 0.2) is 0 Å². The van der Waals surface area contributed by atoms with Crippen LogP contribution in [0.4, 0.5) is 17.1 Å². The van der Waals surface area contributed by atoms with E-state index in [0.717, 1.165) is 17.1 Å². The van der Waals surface area contributed by atoms with Crippen molar-refractivity contribution >= 4 is 60.0 Å². The molecule has 0 fully saturated rings. The van der Waals surface area contributed by atoms with Gasteiger partial charge in [-0.1, -0.05) is 127 Å². The van der Waals surface area contributed by atoms with Crippen LogP contribution in [-0.4, -0.2) is 0 Å². The minimum absolute atomic E-state index is 1.13. The predicted molar refractivity (Wildman–Crippen MR) is 182 cm³/mol. The first-order valence-electron chi connectivity index (χ1n) is 14.3. The Morgan fingerprint density at radius 2 is 0.810 bits per heavy atom. The predicted octanol–water partition coefficient (Wildman–Crippen LogP) is 12.0. The van der Waals surface area contributed by atoms with E-state index in [1.54, 1.807) is 0 Å². The van der Waals surface area contributed by atoms with Crippen LogP contribution in [0.5, 0.6) is 0 Å². The van der Waals surface area contributed by atoms with Crippen molar-refractivity contribution in [3.63, 3.8) is 0 Å². The molecule has 0 saturated heterocycles. The molecule has 0 spiro atoms. The molecule has 0 bridgehead atoms. The Morgan fingerprint density at radius 1 is 0.357 bits per heavy atom. The zero-order valence-corrected chi connectivity index (χ0v) is 23.8. The van der Waals surface area contributed by atoms with Gasteiger partial charge in [0.25, 0.3) is 0 Å². The van der Waals surface area contributed by atoms with Gasteiger partial charge in [-0.2, -0.15) is 0 Å². The SMILES string of the molecule is c1ccc(-c2c(-c3ccc(N(c4ccccc4)c4ccccc4)cc3)sc3c4ccccc4c4ccccc4c23)cc1. The second kappa shape index (κ2) is 10.3. The summed E-state index contributed by atoms with van der Waals surface area (Å²) < 4.78 is 1.34. The lowest BCUT2D eigenvalue weighted by atomic mass is 9.92. The standard InChI is InChI=1S/C40H27NS/c1-4-14-28(15-5-1)37-38-35-22-12-10-20-33(35)34-21-11-13-23-36(34)40(38)42-39(37)29-24-26-32(27-25-29)41(30-16-6-2-7-17-30)31-18-8-3-9-19-31/h1-27H. The second-order valence-electron chi connectivity index (χ2n) is 10.5. The molecule has 42 heavy (non-hydrogen) atoms. The van der Waals surface area contributed by atoms with Crippen LogP contribution in [0, 0.1) is 0 Å². The molecule has 0 amide bonds. The van der Waals surface area contributed by atoms with Crippen LogP contribution in [0.25, 0.3) is 53.2 Å². The van der Waals surface area contributed by atoms with Gasteiger partial charge in [-0.3, -0.25) is 0 Å². The Morgan fingerprint density at radius 3 is 1.40 bits per heavy atom. The van der Waals surface area contributed by atoms with Crippen LogP contribution in [-0.2, 0) is 0 Å². The zero-order valence-electron chi connectivity index (χ0n) is 22.9. The molecular formula is C40H27NS. The first kappa shape index (κ1) is 24.6. The Bertz CT molecular complexity index is 2120. The Hall–Kier alpha value is -5.18. The summed E-state index contributed by atoms with van der Waals surface area (Å²) in [5.41, 5.74) is 7.21. The first-order valence-corrected chi connectivity index (χ1v) is 15.1. The molecule has 0 aliphatic heterocycles. The van der Waals surface area contributed by atoms with Gasteiger partial charge >= 0.3 is 0 Å². The van der Waals surface area contributed by atoms with E-state index in [-0.39, 0.29) is 0 Å². The molecule has 8 aromatic rings. The quantitative estimate of drug-likeness (QED) is 0.192. The molecule has 1 heterocycles. The zero-order chi connectivity index (χ0) is 27.9. The molecule has 0 atom stereocenters. The fraction of sp³-hybridized carbons (Fsp3) is 0. The van der Waals surface area contributed by atoms with Crippen LogP contribution in [0.15, 0.2) is 164 Å². The summed E-state index contributed by atoms with van der Waals surface area (Å²) in [5.74, 6) is 0. The molecule has 2 heteroatoms. The molecule has 8 rings (SSSR count). The van der Waals surface area contributed by atoms with Crippen molar-refractivity contribution in [1.29, 1.82) is 0 Å². The third-order valence-electron chi connectivity index (χ3n) is 8.05. The second-order valence-corrected chi connectivity index (χ2v) is 11.5. The minimum Gasteiger partial charge on any atom is -0.311 e. The van der Waals surface area contributed by atoms with Crippen molar-refractivity contribution in [3.8, 4) is 21.6 Å². The van der Waals surface area contributed by atoms with Gasteiger partial charge in [0.05, 0.1) is 0 Å². The molecular weight excluding hydrogens is 527 g/mol. The molecule has 0 saturated carbocycles. The maximum absolute atomic E-state index is 2.31. The fourth-order valence-electron chi connectivity index (χ4n) is 6.18. The van der Waals surface area contributed by atoms with Crippen molar-refractivity contribution in [3.05, 3.63) is 164 Å². The van der Waals surface area contributed by atoms with E-state index in [4.69, 9.17) is 0 Å². The number of benzene rings is 7. The number of fused-ring (bicyclic) bond motifs is 6. The summed E-state index contributed by atoms with van der Waals surface area (Å²) in [6.45, 7) is 0. The van der Waals surface area contributed by atoms with Crippen LogP contribution >= 0.6 is 11.3 Å². The molecule has 0 N–H and O–H groups in total. The summed E-state index contributed by atoms with van der Waals surface area (Å²) in [5, 5.41) is 6.58. The van der Waals surface area contributed by atoms with Crippen molar-refractivity contribution in [1.82, 2.24) is 0 Å². The van der Waals surface area contributed by atoms with Crippen molar-refractivity contribution in [2.24, 2.45) is 0 Å². The Balaban J connectivity index is 1.37. The van der Waals surface area contributed by atoms with E-state index in [9.17, 15) is 0 Å². The van der Waals surface area contributed by atoms with E-state index >= 15 is 0 Å². The number of para-hydroxylation sites is 2. The van der Waals surface area contributed by atoms with Gasteiger partial charge in [-0.15, -0.1) is 11.3 Å². The van der Waals surface area contributed by atoms with E-state index in [1.807, 2.05) is 11.3 Å². The summed E-state index contributed by atoms with van der Waals surface area (Å²) in [7, 11) is 0. The first-order chi connectivity index (χ1) is 20.9. The molecule has 0 radical (unpaired) electrons. The molecule has 1 aromatic heterocycles. The normalized spacial score (nSPS) is 11.3. The minimum atomic E-state index is 1.13. The lowest BCUT2D eigenvalue weighted by molar-refractivity contribution is 1.28. The van der Waals surface area contributed by atoms with Gasteiger partial charge in [-0.25, -0.2) is 0 Å². The molecule has 7 aromatic carbocycles. The highest BCUT2D eigenvalue weighted by molar-refractivity contribution is 7.24. The van der Waals surface area contributed by atoms with Gasteiger partial charge in [0.1, 0.15) is 0 Å². The largest absolute Gasteiger partial charge is 0.311 e. The van der Waals surface area contributed by atoms with Crippen molar-refractivity contribution in [2.75, 3.05) is 4.90 Å². The number of anilines is 3. The number of rotatable bonds is 5. The highest BCUT2D eigenvalue weighted by Gasteiger charge is 2.21. The van der Waals surface area contributed by atoms with E-state index in [0.29, 0.717) is 0 Å². The highest BCUT2D eigenvalue weighted by Crippen LogP contribution is 2.50. The summed E-state index contributed by atoms with van der Waals surface area (Å²) in [6.07, 6.45) is 0. The van der Waals surface area contributed by atoms with Crippen LogP contribution in [0.1, 0.15) is 0 Å². The number of hydrogen-bond donors (Lipinski definition) is 0. The molecule has 0 aliphatic rings. The average Bonchev–Trinajstić information content (AvgIpc) is 3.48. The maximum atomic E-state index is 2.31. The topological polar surface area (TPSA) is 3.24 Å². The highest BCUT2D eigenvalue weighted by atomic mass is 32.1. The molecule has 1 nitrogen and oxygen atoms in total. The molecule has 198 valence electrons. The van der Waals surface area contributed by atoms with Crippen LogP contribution in [0.3, 0.4) is 0 Å². The smallest absolute Gasteiger partial charge is 0.0462 e. The van der Waals surface area contributed by atoms with Crippen molar-refractivity contribution in [2.45, 2.75) is 0 Å². The molecule has 0 aliphatic carbocycles. The summed E-state index contributed by atoms with van der Waals surface area (Å²) in [4.78, 5) is 3.61. The van der Waals surface area contributed by atoms with Gasteiger partial charge in [0.2, 0.25) is 0 Å². The maximum Gasteiger partial charge on any atom is 0.0462 e. The van der Waals surface area contributed by atoms with Crippen molar-refractivity contribution < 1.29 is 0 Å². The van der Waals surface area contributed by atoms with E-state index < -0.39 is 0 Å².